The highest BCUT2D eigenvalue weighted by Gasteiger charge is 2.50. The monoisotopic (exact) mass is 265 g/mol. The predicted octanol–water partition coefficient (Wildman–Crippen LogP) is 0.823. The molecule has 1 spiro atoms. The first-order valence-electron chi connectivity index (χ1n) is 5.94. The molecule has 0 bridgehead atoms. The summed E-state index contributed by atoms with van der Waals surface area (Å²) in [6.45, 7) is 1.61. The Morgan fingerprint density at radius 2 is 2.44 bits per heavy atom. The van der Waals surface area contributed by atoms with Crippen molar-refractivity contribution in [2.45, 2.75) is 17.3 Å². The van der Waals surface area contributed by atoms with Crippen molar-refractivity contribution in [1.29, 1.82) is 0 Å². The van der Waals surface area contributed by atoms with Crippen molar-refractivity contribution >= 4 is 17.7 Å². The van der Waals surface area contributed by atoms with E-state index < -0.39 is 0 Å². The third kappa shape index (κ3) is 1.99. The van der Waals surface area contributed by atoms with Crippen LogP contribution in [-0.2, 0) is 4.74 Å². The number of ether oxygens (including phenoxy) is 1. The molecule has 1 amide bonds. The van der Waals surface area contributed by atoms with Gasteiger partial charge in [0.2, 0.25) is 0 Å². The maximum Gasteiger partial charge on any atom is 0.272 e. The second-order valence-corrected chi connectivity index (χ2v) is 6.30. The third-order valence-corrected chi connectivity index (χ3v) is 5.13. The van der Waals surface area contributed by atoms with Crippen molar-refractivity contribution in [2.75, 3.05) is 26.0 Å². The number of amides is 1. The molecule has 2 aliphatic heterocycles. The maximum atomic E-state index is 12.1. The molecule has 18 heavy (non-hydrogen) atoms. The van der Waals surface area contributed by atoms with Crippen LogP contribution >= 0.6 is 11.8 Å². The van der Waals surface area contributed by atoms with Gasteiger partial charge in [0.25, 0.3) is 5.91 Å². The van der Waals surface area contributed by atoms with E-state index >= 15 is 0 Å². The van der Waals surface area contributed by atoms with E-state index in [2.05, 4.69) is 9.97 Å². The number of aromatic nitrogens is 2. The van der Waals surface area contributed by atoms with Crippen molar-refractivity contribution in [2.24, 2.45) is 0 Å². The Morgan fingerprint density at radius 1 is 1.61 bits per heavy atom. The summed E-state index contributed by atoms with van der Waals surface area (Å²) in [5.74, 6) is 1.04. The lowest BCUT2D eigenvalue weighted by atomic mass is 9.92. The average molecular weight is 265 g/mol. The Morgan fingerprint density at radius 3 is 3.06 bits per heavy atom. The van der Waals surface area contributed by atoms with Gasteiger partial charge in [-0.2, -0.15) is 0 Å². The van der Waals surface area contributed by atoms with Gasteiger partial charge in [-0.3, -0.25) is 4.79 Å². The van der Waals surface area contributed by atoms with Crippen LogP contribution in [0.2, 0.25) is 0 Å². The van der Waals surface area contributed by atoms with Gasteiger partial charge in [0.05, 0.1) is 10.9 Å². The van der Waals surface area contributed by atoms with Gasteiger partial charge in [-0.25, -0.2) is 9.97 Å². The van der Waals surface area contributed by atoms with E-state index in [-0.39, 0.29) is 10.7 Å². The first kappa shape index (κ1) is 11.9. The van der Waals surface area contributed by atoms with Crippen LogP contribution < -0.4 is 0 Å². The summed E-state index contributed by atoms with van der Waals surface area (Å²) in [5.41, 5.74) is 0.478. The zero-order valence-corrected chi connectivity index (χ0v) is 11.0. The minimum Gasteiger partial charge on any atom is -0.381 e. The van der Waals surface area contributed by atoms with Crippen molar-refractivity contribution in [3.63, 3.8) is 0 Å². The first-order valence-corrected chi connectivity index (χ1v) is 6.93. The highest BCUT2D eigenvalue weighted by Crippen LogP contribution is 2.46. The molecule has 1 unspecified atom stereocenters. The minimum absolute atomic E-state index is 0.00416. The molecule has 1 aromatic heterocycles. The summed E-state index contributed by atoms with van der Waals surface area (Å²) >= 11 is 1.93. The molecule has 1 atom stereocenters. The van der Waals surface area contributed by atoms with E-state index in [9.17, 15) is 4.79 Å². The van der Waals surface area contributed by atoms with Crippen LogP contribution in [0, 0.1) is 0 Å². The lowest BCUT2D eigenvalue weighted by Gasteiger charge is -2.47. The topological polar surface area (TPSA) is 55.3 Å². The van der Waals surface area contributed by atoms with Gasteiger partial charge in [0.15, 0.2) is 0 Å². The fraction of sp³-hybridized carbons (Fsp3) is 0.583. The van der Waals surface area contributed by atoms with Crippen LogP contribution in [-0.4, -0.2) is 57.6 Å². The molecule has 0 radical (unpaired) electrons. The van der Waals surface area contributed by atoms with Crippen molar-refractivity contribution < 1.29 is 9.53 Å². The largest absolute Gasteiger partial charge is 0.381 e. The molecule has 0 aliphatic carbocycles. The summed E-state index contributed by atoms with van der Waals surface area (Å²) in [5, 5.41) is 0. The van der Waals surface area contributed by atoms with Crippen LogP contribution in [0.15, 0.2) is 18.6 Å². The van der Waals surface area contributed by atoms with Crippen LogP contribution in [0.5, 0.6) is 0 Å². The van der Waals surface area contributed by atoms with Crippen molar-refractivity contribution in [3.8, 4) is 0 Å². The molecule has 2 saturated heterocycles. The standard InChI is InChI=1S/C12H15N3O2S/c1-17-9-4-12(18-5-9)6-15(7-12)11(16)10-2-3-13-8-14-10/h2-3,8-9H,4-7H2,1H3. The highest BCUT2D eigenvalue weighted by atomic mass is 32.2. The third-order valence-electron chi connectivity index (χ3n) is 3.55. The van der Waals surface area contributed by atoms with Gasteiger partial charge in [-0.15, -0.1) is 11.8 Å². The second kappa shape index (κ2) is 4.51. The zero-order valence-electron chi connectivity index (χ0n) is 10.2. The average Bonchev–Trinajstić information content (AvgIpc) is 2.82. The molecule has 5 nitrogen and oxygen atoms in total. The summed E-state index contributed by atoms with van der Waals surface area (Å²) in [4.78, 5) is 21.8. The second-order valence-electron chi connectivity index (χ2n) is 4.81. The Balaban J connectivity index is 1.61. The highest BCUT2D eigenvalue weighted by molar-refractivity contribution is 8.01. The lowest BCUT2D eigenvalue weighted by Crippen LogP contribution is -2.60. The van der Waals surface area contributed by atoms with Crippen LogP contribution in [0.4, 0.5) is 0 Å². The number of nitrogens with zero attached hydrogens (tertiary/aromatic N) is 3. The molecular formula is C12H15N3O2S. The van der Waals surface area contributed by atoms with Crippen molar-refractivity contribution in [1.82, 2.24) is 14.9 Å². The summed E-state index contributed by atoms with van der Waals surface area (Å²) in [6, 6.07) is 1.66. The van der Waals surface area contributed by atoms with E-state index in [4.69, 9.17) is 4.74 Å². The van der Waals surface area contributed by atoms with Gasteiger partial charge >= 0.3 is 0 Å². The van der Waals surface area contributed by atoms with E-state index in [1.807, 2.05) is 16.7 Å². The summed E-state index contributed by atoms with van der Waals surface area (Å²) in [6.07, 6.45) is 4.39. The molecule has 1 aromatic rings. The van der Waals surface area contributed by atoms with Crippen LogP contribution in [0.3, 0.4) is 0 Å². The van der Waals surface area contributed by atoms with Crippen LogP contribution in [0.1, 0.15) is 16.9 Å². The Hall–Kier alpha value is -1.14. The van der Waals surface area contributed by atoms with Gasteiger partial charge in [0, 0.05) is 32.1 Å². The Kier molecular flexibility index (Phi) is 2.99. The van der Waals surface area contributed by atoms with E-state index in [1.54, 1.807) is 19.4 Å². The fourth-order valence-corrected chi connectivity index (χ4v) is 4.14. The first-order chi connectivity index (χ1) is 8.72. The Labute approximate surface area is 110 Å². The maximum absolute atomic E-state index is 12.1. The number of likely N-dealkylation sites (tertiary alicyclic amines) is 1. The molecule has 3 heterocycles. The zero-order chi connectivity index (χ0) is 12.6. The molecule has 6 heteroatoms. The Bertz CT molecular complexity index is 448. The number of hydrogen-bond donors (Lipinski definition) is 0. The number of rotatable bonds is 2. The molecule has 0 N–H and O–H groups in total. The van der Waals surface area contributed by atoms with E-state index in [1.165, 1.54) is 6.33 Å². The molecule has 2 fully saturated rings. The van der Waals surface area contributed by atoms with Gasteiger partial charge in [-0.05, 0) is 12.5 Å². The summed E-state index contributed by atoms with van der Waals surface area (Å²) in [7, 11) is 1.76. The molecule has 0 saturated carbocycles. The van der Waals surface area contributed by atoms with Gasteiger partial charge in [0.1, 0.15) is 12.0 Å². The number of thioether (sulfide) groups is 1. The number of methoxy groups -OCH3 is 1. The van der Waals surface area contributed by atoms with Gasteiger partial charge < -0.3 is 9.64 Å². The predicted molar refractivity (Wildman–Crippen MR) is 68.5 cm³/mol. The number of hydrogen-bond acceptors (Lipinski definition) is 5. The van der Waals surface area contributed by atoms with E-state index in [0.29, 0.717) is 11.8 Å². The smallest absolute Gasteiger partial charge is 0.272 e. The fourth-order valence-electron chi connectivity index (χ4n) is 2.55. The SMILES string of the molecule is COC1CSC2(C1)CN(C(=O)c1ccncn1)C2. The molecular weight excluding hydrogens is 250 g/mol. The molecule has 3 rings (SSSR count). The minimum atomic E-state index is 0.00416. The lowest BCUT2D eigenvalue weighted by molar-refractivity contribution is 0.0446. The number of carbonyl (C=O) groups is 1. The normalized spacial score (nSPS) is 25.2. The molecule has 96 valence electrons. The van der Waals surface area contributed by atoms with Gasteiger partial charge in [-0.1, -0.05) is 0 Å². The number of carbonyl (C=O) groups excluding carboxylic acids is 1. The quantitative estimate of drug-likeness (QED) is 0.792. The van der Waals surface area contributed by atoms with Crippen molar-refractivity contribution in [3.05, 3.63) is 24.3 Å². The molecule has 0 aromatic carbocycles. The molecule has 2 aliphatic rings. The van der Waals surface area contributed by atoms with E-state index in [0.717, 1.165) is 25.3 Å². The van der Waals surface area contributed by atoms with Crippen LogP contribution in [0.25, 0.3) is 0 Å². The summed E-state index contributed by atoms with van der Waals surface area (Å²) < 4.78 is 5.60.